The van der Waals surface area contributed by atoms with Crippen LogP contribution in [0, 0.1) is 0 Å². The van der Waals surface area contributed by atoms with Gasteiger partial charge in [0.1, 0.15) is 12.4 Å². The number of hydrogen-bond acceptors (Lipinski definition) is 3. The molecule has 0 bridgehead atoms. The van der Waals surface area contributed by atoms with Gasteiger partial charge in [-0.3, -0.25) is 0 Å². The van der Waals surface area contributed by atoms with Crippen LogP contribution in [0.2, 0.25) is 10.0 Å². The molecule has 0 spiro atoms. The molecule has 0 unspecified atom stereocenters. The fourth-order valence-electron chi connectivity index (χ4n) is 1.72. The van der Waals surface area contributed by atoms with Gasteiger partial charge in [0.15, 0.2) is 0 Å². The minimum atomic E-state index is -0.366. The predicted octanol–water partition coefficient (Wildman–Crippen LogP) is 3.56. The predicted molar refractivity (Wildman–Crippen MR) is 81.3 cm³/mol. The van der Waals surface area contributed by atoms with Crippen LogP contribution in [-0.2, 0) is 6.61 Å². The zero-order valence-electron chi connectivity index (χ0n) is 10.7. The molecular weight excluding hydrogens is 297 g/mol. The van der Waals surface area contributed by atoms with Gasteiger partial charge in [0.25, 0.3) is 0 Å². The quantitative estimate of drug-likeness (QED) is 0.887. The molecule has 0 aliphatic rings. The van der Waals surface area contributed by atoms with Crippen LogP contribution in [0.5, 0.6) is 5.75 Å². The molecule has 0 radical (unpaired) electrons. The third-order valence-electron chi connectivity index (χ3n) is 2.91. The number of hydrogen-bond donors (Lipinski definition) is 2. The molecule has 0 amide bonds. The number of aliphatic hydroxyl groups is 1. The molecule has 0 aliphatic heterocycles. The normalized spacial score (nSPS) is 12.2. The molecule has 2 aromatic carbocycles. The summed E-state index contributed by atoms with van der Waals surface area (Å²) in [5.41, 5.74) is 7.46. The summed E-state index contributed by atoms with van der Waals surface area (Å²) >= 11 is 11.9. The van der Waals surface area contributed by atoms with Crippen molar-refractivity contribution in [3.63, 3.8) is 0 Å². The molecule has 0 saturated carbocycles. The van der Waals surface area contributed by atoms with E-state index in [2.05, 4.69) is 0 Å². The molecule has 1 atom stereocenters. The number of nitrogens with two attached hydrogens (primary N) is 1. The van der Waals surface area contributed by atoms with Gasteiger partial charge in [0, 0.05) is 15.6 Å². The van der Waals surface area contributed by atoms with E-state index in [4.69, 9.17) is 38.8 Å². The van der Waals surface area contributed by atoms with Crippen LogP contribution in [-0.4, -0.2) is 11.7 Å². The molecule has 106 valence electrons. The van der Waals surface area contributed by atoms with Gasteiger partial charge in [-0.1, -0.05) is 41.4 Å². The lowest BCUT2D eigenvalue weighted by Gasteiger charge is -2.11. The van der Waals surface area contributed by atoms with Crippen LogP contribution < -0.4 is 10.5 Å². The Labute approximate surface area is 127 Å². The van der Waals surface area contributed by atoms with E-state index in [1.165, 1.54) is 0 Å². The van der Waals surface area contributed by atoms with Gasteiger partial charge in [-0.15, -0.1) is 0 Å². The molecule has 0 aromatic heterocycles. The van der Waals surface area contributed by atoms with Gasteiger partial charge in [0.2, 0.25) is 0 Å². The lowest BCUT2D eigenvalue weighted by molar-refractivity contribution is 0.267. The second kappa shape index (κ2) is 6.95. The molecule has 5 heteroatoms. The molecule has 0 heterocycles. The van der Waals surface area contributed by atoms with E-state index in [0.717, 1.165) is 11.1 Å². The first-order chi connectivity index (χ1) is 9.60. The second-order valence-corrected chi connectivity index (χ2v) is 5.23. The molecule has 0 saturated heterocycles. The molecule has 2 aromatic rings. The second-order valence-electron chi connectivity index (χ2n) is 4.38. The summed E-state index contributed by atoms with van der Waals surface area (Å²) in [5.74, 6) is 0.713. The fourth-order valence-corrected chi connectivity index (χ4v) is 2.18. The van der Waals surface area contributed by atoms with Crippen LogP contribution in [0.15, 0.2) is 42.5 Å². The summed E-state index contributed by atoms with van der Waals surface area (Å²) in [5, 5.41) is 10.2. The summed E-state index contributed by atoms with van der Waals surface area (Å²) in [4.78, 5) is 0. The van der Waals surface area contributed by atoms with E-state index in [1.54, 1.807) is 12.1 Å². The van der Waals surface area contributed by atoms with Crippen LogP contribution in [0.25, 0.3) is 0 Å². The van der Waals surface area contributed by atoms with Crippen molar-refractivity contribution in [1.82, 2.24) is 0 Å². The molecule has 3 N–H and O–H groups in total. The van der Waals surface area contributed by atoms with Crippen LogP contribution in [0.3, 0.4) is 0 Å². The third-order valence-corrected chi connectivity index (χ3v) is 3.50. The van der Waals surface area contributed by atoms with Gasteiger partial charge >= 0.3 is 0 Å². The first-order valence-corrected chi connectivity index (χ1v) is 6.89. The Kier molecular flexibility index (Phi) is 5.26. The van der Waals surface area contributed by atoms with Gasteiger partial charge in [-0.2, -0.15) is 0 Å². The zero-order valence-corrected chi connectivity index (χ0v) is 12.2. The highest BCUT2D eigenvalue weighted by Gasteiger charge is 2.05. The monoisotopic (exact) mass is 311 g/mol. The Hall–Kier alpha value is -1.26. The summed E-state index contributed by atoms with van der Waals surface area (Å²) in [7, 11) is 0. The van der Waals surface area contributed by atoms with E-state index in [1.807, 2.05) is 30.3 Å². The maximum Gasteiger partial charge on any atom is 0.119 e. The SMILES string of the molecule is N[C@H](CO)c1ccc(OCc2ccc(Cl)cc2Cl)cc1. The van der Waals surface area contributed by atoms with Crippen molar-refractivity contribution in [2.24, 2.45) is 5.73 Å². The number of halogens is 2. The van der Waals surface area contributed by atoms with E-state index in [-0.39, 0.29) is 12.6 Å². The van der Waals surface area contributed by atoms with Crippen molar-refractivity contribution in [2.75, 3.05) is 6.61 Å². The minimum Gasteiger partial charge on any atom is -0.489 e. The van der Waals surface area contributed by atoms with Crippen molar-refractivity contribution < 1.29 is 9.84 Å². The lowest BCUT2D eigenvalue weighted by Crippen LogP contribution is -2.14. The maximum absolute atomic E-state index is 8.98. The molecule has 0 aliphatic carbocycles. The van der Waals surface area contributed by atoms with Crippen LogP contribution in [0.4, 0.5) is 0 Å². The highest BCUT2D eigenvalue weighted by Crippen LogP contribution is 2.23. The molecule has 3 nitrogen and oxygen atoms in total. The Bertz CT molecular complexity index is 573. The highest BCUT2D eigenvalue weighted by atomic mass is 35.5. The first-order valence-electron chi connectivity index (χ1n) is 6.13. The Morgan fingerprint density at radius 1 is 1.10 bits per heavy atom. The highest BCUT2D eigenvalue weighted by molar-refractivity contribution is 6.35. The molecule has 0 fully saturated rings. The number of benzene rings is 2. The van der Waals surface area contributed by atoms with Crippen molar-refractivity contribution in [3.8, 4) is 5.75 Å². The summed E-state index contributed by atoms with van der Waals surface area (Å²) in [6.45, 7) is 0.280. The lowest BCUT2D eigenvalue weighted by atomic mass is 10.1. The van der Waals surface area contributed by atoms with Crippen molar-refractivity contribution in [3.05, 3.63) is 63.6 Å². The van der Waals surface area contributed by atoms with E-state index in [9.17, 15) is 0 Å². The fraction of sp³-hybridized carbons (Fsp3) is 0.200. The summed E-state index contributed by atoms with van der Waals surface area (Å²) in [6.07, 6.45) is 0. The first kappa shape index (κ1) is 15.1. The van der Waals surface area contributed by atoms with E-state index < -0.39 is 0 Å². The zero-order chi connectivity index (χ0) is 14.5. The van der Waals surface area contributed by atoms with Crippen molar-refractivity contribution >= 4 is 23.2 Å². The van der Waals surface area contributed by atoms with E-state index >= 15 is 0 Å². The smallest absolute Gasteiger partial charge is 0.119 e. The molecule has 2 rings (SSSR count). The largest absolute Gasteiger partial charge is 0.489 e. The van der Waals surface area contributed by atoms with Gasteiger partial charge in [0.05, 0.1) is 12.6 Å². The molecule has 20 heavy (non-hydrogen) atoms. The molecular formula is C15H15Cl2NO2. The average molecular weight is 312 g/mol. The number of aliphatic hydroxyl groups excluding tert-OH is 1. The maximum atomic E-state index is 8.98. The van der Waals surface area contributed by atoms with Gasteiger partial charge in [-0.25, -0.2) is 0 Å². The van der Waals surface area contributed by atoms with Gasteiger partial charge < -0.3 is 15.6 Å². The number of rotatable bonds is 5. The topological polar surface area (TPSA) is 55.5 Å². The third kappa shape index (κ3) is 3.87. The summed E-state index contributed by atoms with van der Waals surface area (Å²) < 4.78 is 5.65. The van der Waals surface area contributed by atoms with Crippen molar-refractivity contribution in [2.45, 2.75) is 12.6 Å². The standard InChI is InChI=1S/C15H15Cl2NO2/c16-12-4-1-11(14(17)7-12)9-20-13-5-2-10(3-6-13)15(18)8-19/h1-7,15,19H,8-9,18H2/t15-/m1/s1. The summed E-state index contributed by atoms with van der Waals surface area (Å²) in [6, 6.07) is 12.2. The average Bonchev–Trinajstić information content (AvgIpc) is 2.46. The Morgan fingerprint density at radius 3 is 2.40 bits per heavy atom. The van der Waals surface area contributed by atoms with Crippen LogP contribution in [0.1, 0.15) is 17.2 Å². The van der Waals surface area contributed by atoms with Crippen LogP contribution >= 0.6 is 23.2 Å². The Balaban J connectivity index is 2.00. The Morgan fingerprint density at radius 2 is 1.80 bits per heavy atom. The number of ether oxygens (including phenoxy) is 1. The van der Waals surface area contributed by atoms with Crippen molar-refractivity contribution in [1.29, 1.82) is 0 Å². The van der Waals surface area contributed by atoms with Gasteiger partial charge in [-0.05, 0) is 29.8 Å². The van der Waals surface area contributed by atoms with E-state index in [0.29, 0.717) is 22.4 Å². The minimum absolute atomic E-state index is 0.0828.